The highest BCUT2D eigenvalue weighted by Gasteiger charge is 2.19. The topological polar surface area (TPSA) is 138 Å². The molecule has 1 N–H and O–H groups in total. The van der Waals surface area contributed by atoms with Gasteiger partial charge in [-0.05, 0) is 32.0 Å². The van der Waals surface area contributed by atoms with Crippen molar-refractivity contribution in [1.29, 1.82) is 0 Å². The summed E-state index contributed by atoms with van der Waals surface area (Å²) in [6.07, 6.45) is 0. The third-order valence-electron chi connectivity index (χ3n) is 3.73. The maximum absolute atomic E-state index is 12.6. The first-order valence-corrected chi connectivity index (χ1v) is 8.67. The van der Waals surface area contributed by atoms with Crippen LogP contribution in [0, 0.1) is 0 Å². The van der Waals surface area contributed by atoms with E-state index in [-0.39, 0.29) is 35.6 Å². The fraction of sp³-hybridized carbons (Fsp3) is 0.316. The van der Waals surface area contributed by atoms with E-state index in [4.69, 9.17) is 14.2 Å². The number of pyridine rings is 1. The Bertz CT molecular complexity index is 1070. The quantitative estimate of drug-likeness (QED) is 0.624. The highest BCUT2D eigenvalue weighted by Crippen LogP contribution is 2.16. The van der Waals surface area contributed by atoms with Crippen molar-refractivity contribution >= 4 is 28.8 Å². The molecule has 0 radical (unpaired) electrons. The predicted octanol–water partition coefficient (Wildman–Crippen LogP) is 0.565. The Morgan fingerprint density at radius 1 is 1.00 bits per heavy atom. The van der Waals surface area contributed by atoms with E-state index in [1.54, 1.807) is 13.8 Å². The van der Waals surface area contributed by atoms with Gasteiger partial charge in [0.1, 0.15) is 12.2 Å². The molecule has 0 saturated carbocycles. The van der Waals surface area contributed by atoms with Crippen molar-refractivity contribution in [3.05, 3.63) is 50.4 Å². The van der Waals surface area contributed by atoms with E-state index in [0.29, 0.717) is 0 Å². The van der Waals surface area contributed by atoms with E-state index in [0.717, 1.165) is 22.8 Å². The summed E-state index contributed by atoms with van der Waals surface area (Å²) < 4.78 is 15.8. The van der Waals surface area contributed by atoms with Crippen molar-refractivity contribution in [3.63, 3.8) is 0 Å². The number of carboxylic acid groups (broad SMARTS) is 1. The van der Waals surface area contributed by atoms with Gasteiger partial charge in [-0.25, -0.2) is 9.59 Å². The second-order valence-corrected chi connectivity index (χ2v) is 5.69. The Hall–Kier alpha value is -3.69. The monoisotopic (exact) mass is 405 g/mol. The highest BCUT2D eigenvalue weighted by molar-refractivity contribution is 5.92. The Morgan fingerprint density at radius 2 is 1.69 bits per heavy atom. The van der Waals surface area contributed by atoms with Crippen molar-refractivity contribution in [1.82, 2.24) is 4.57 Å². The Labute approximate surface area is 164 Å². The molecule has 0 aliphatic heterocycles. The van der Waals surface area contributed by atoms with Gasteiger partial charge in [-0.15, -0.1) is 0 Å². The number of nitrogens with zero attached hydrogens (tertiary/aromatic N) is 1. The molecule has 1 aromatic carbocycles. The van der Waals surface area contributed by atoms with Crippen LogP contribution in [-0.2, 0) is 25.6 Å². The van der Waals surface area contributed by atoms with Crippen LogP contribution in [0.3, 0.4) is 0 Å². The zero-order valence-corrected chi connectivity index (χ0v) is 15.8. The maximum atomic E-state index is 12.6. The van der Waals surface area contributed by atoms with Crippen molar-refractivity contribution in [2.45, 2.75) is 20.4 Å². The normalized spacial score (nSPS) is 10.4. The van der Waals surface area contributed by atoms with Crippen LogP contribution >= 0.6 is 0 Å². The van der Waals surface area contributed by atoms with Gasteiger partial charge < -0.3 is 23.9 Å². The molecule has 0 bridgehead atoms. The fourth-order valence-corrected chi connectivity index (χ4v) is 2.58. The van der Waals surface area contributed by atoms with E-state index in [1.807, 2.05) is 0 Å². The number of ether oxygens (including phenoxy) is 3. The summed E-state index contributed by atoms with van der Waals surface area (Å²) in [7, 11) is 0. The van der Waals surface area contributed by atoms with Gasteiger partial charge in [0.05, 0.1) is 18.7 Å². The van der Waals surface area contributed by atoms with Crippen LogP contribution in [0.25, 0.3) is 10.9 Å². The average Bonchev–Trinajstić information content (AvgIpc) is 2.82. The molecule has 29 heavy (non-hydrogen) atoms. The van der Waals surface area contributed by atoms with Crippen molar-refractivity contribution in [3.8, 4) is 5.75 Å². The number of rotatable bonds is 8. The van der Waals surface area contributed by atoms with E-state index < -0.39 is 41.9 Å². The summed E-state index contributed by atoms with van der Waals surface area (Å²) in [5.74, 6) is -3.14. The van der Waals surface area contributed by atoms with Gasteiger partial charge in [0.25, 0.3) is 0 Å². The summed E-state index contributed by atoms with van der Waals surface area (Å²) in [5, 5.41) is 9.14. The third kappa shape index (κ3) is 5.18. The van der Waals surface area contributed by atoms with Crippen LogP contribution in [0.5, 0.6) is 5.75 Å². The van der Waals surface area contributed by atoms with Gasteiger partial charge in [0.15, 0.2) is 17.8 Å². The second kappa shape index (κ2) is 9.49. The largest absolute Gasteiger partial charge is 0.480 e. The number of carboxylic acids is 1. The van der Waals surface area contributed by atoms with E-state index >= 15 is 0 Å². The molecule has 0 saturated heterocycles. The number of aliphatic carboxylic acids is 1. The predicted molar refractivity (Wildman–Crippen MR) is 100 cm³/mol. The SMILES string of the molecule is CCOC(=O)COc1cc2c(=O)cc(C(=O)OCC)n(CC(=O)O)c2ccc1=O. The van der Waals surface area contributed by atoms with Gasteiger partial charge >= 0.3 is 17.9 Å². The molecule has 10 heteroatoms. The maximum Gasteiger partial charge on any atom is 0.355 e. The number of fused-ring (bicyclic) bond motifs is 1. The number of carbonyl (C=O) groups is 3. The van der Waals surface area contributed by atoms with Crippen LogP contribution in [0.4, 0.5) is 0 Å². The first kappa shape index (κ1) is 21.6. The number of aromatic nitrogens is 1. The Balaban J connectivity index is 2.69. The lowest BCUT2D eigenvalue weighted by molar-refractivity contribution is -0.145. The van der Waals surface area contributed by atoms with Gasteiger partial charge in [0, 0.05) is 11.5 Å². The van der Waals surface area contributed by atoms with Crippen LogP contribution < -0.4 is 15.6 Å². The lowest BCUT2D eigenvalue weighted by atomic mass is 10.2. The number of hydrogen-bond acceptors (Lipinski definition) is 8. The minimum Gasteiger partial charge on any atom is -0.480 e. The molecule has 1 aromatic heterocycles. The molecule has 10 nitrogen and oxygen atoms in total. The van der Waals surface area contributed by atoms with Crippen molar-refractivity contribution in [2.24, 2.45) is 0 Å². The zero-order chi connectivity index (χ0) is 21.6. The summed E-state index contributed by atoms with van der Waals surface area (Å²) in [6, 6.07) is 4.30. The average molecular weight is 405 g/mol. The van der Waals surface area contributed by atoms with Crippen molar-refractivity contribution in [2.75, 3.05) is 19.8 Å². The van der Waals surface area contributed by atoms with E-state index in [2.05, 4.69) is 0 Å². The smallest absolute Gasteiger partial charge is 0.355 e. The highest BCUT2D eigenvalue weighted by atomic mass is 16.6. The third-order valence-corrected chi connectivity index (χ3v) is 3.73. The van der Waals surface area contributed by atoms with Crippen LogP contribution in [0.1, 0.15) is 24.3 Å². The fourth-order valence-electron chi connectivity index (χ4n) is 2.58. The lowest BCUT2D eigenvalue weighted by Crippen LogP contribution is -2.22. The molecular weight excluding hydrogens is 386 g/mol. The molecule has 0 unspecified atom stereocenters. The molecule has 0 fully saturated rings. The first-order chi connectivity index (χ1) is 13.8. The molecule has 2 rings (SSSR count). The zero-order valence-electron chi connectivity index (χ0n) is 15.8. The first-order valence-electron chi connectivity index (χ1n) is 8.67. The molecule has 0 amide bonds. The Kier molecular flexibility index (Phi) is 7.07. The van der Waals surface area contributed by atoms with Crippen LogP contribution in [-0.4, -0.2) is 47.4 Å². The molecule has 0 aliphatic carbocycles. The van der Waals surface area contributed by atoms with Crippen molar-refractivity contribution < 1.29 is 33.7 Å². The minimum absolute atomic E-state index is 0.0195. The number of carbonyl (C=O) groups excluding carboxylic acids is 2. The standard InChI is InChI=1S/C19H19NO9/c1-3-27-18(25)10-29-16-7-11-12(5-6-14(16)21)20(9-17(23)24)13(8-15(11)22)19(26)28-4-2/h5-8H,3-4,9-10H2,1-2H3,(H,23,24). The summed E-state index contributed by atoms with van der Waals surface area (Å²) in [6.45, 7) is 2.14. The van der Waals surface area contributed by atoms with E-state index in [1.165, 1.54) is 6.07 Å². The second-order valence-electron chi connectivity index (χ2n) is 5.69. The van der Waals surface area contributed by atoms with Gasteiger partial charge in [0.2, 0.25) is 5.43 Å². The number of hydrogen-bond donors (Lipinski definition) is 1. The van der Waals surface area contributed by atoms with E-state index in [9.17, 15) is 29.1 Å². The lowest BCUT2D eigenvalue weighted by Gasteiger charge is -2.13. The van der Waals surface area contributed by atoms with Gasteiger partial charge in [-0.3, -0.25) is 14.4 Å². The molecule has 0 aliphatic rings. The molecular formula is C19H19NO9. The minimum atomic E-state index is -1.27. The molecule has 2 aromatic rings. The van der Waals surface area contributed by atoms with Gasteiger partial charge in [-0.2, -0.15) is 0 Å². The molecule has 154 valence electrons. The van der Waals surface area contributed by atoms with Gasteiger partial charge in [-0.1, -0.05) is 0 Å². The van der Waals surface area contributed by atoms with Crippen LogP contribution in [0.2, 0.25) is 0 Å². The molecule has 1 heterocycles. The summed E-state index contributed by atoms with van der Waals surface area (Å²) >= 11 is 0. The molecule has 0 spiro atoms. The Morgan fingerprint density at radius 3 is 2.31 bits per heavy atom. The summed E-state index contributed by atoms with van der Waals surface area (Å²) in [5.41, 5.74) is -1.55. The number of esters is 2. The summed E-state index contributed by atoms with van der Waals surface area (Å²) in [4.78, 5) is 59.8. The molecule has 0 atom stereocenters. The van der Waals surface area contributed by atoms with Crippen LogP contribution in [0.15, 0.2) is 33.9 Å².